The molecule has 4 N–H and O–H groups in total. The molecule has 5 nitrogen and oxygen atoms in total. The molecule has 2 atom stereocenters. The first-order chi connectivity index (χ1) is 14.6. The van der Waals surface area contributed by atoms with Gasteiger partial charge in [-0.3, -0.25) is 9.59 Å². The number of Topliss-reactive ketones (excluding diaryl/α,β-unsaturated/α-hetero) is 1. The molecule has 0 heterocycles. The number of nitrogens with one attached hydrogen (secondary N) is 1. The third-order valence-electron chi connectivity index (χ3n) is 4.83. The molecule has 0 saturated carbocycles. The van der Waals surface area contributed by atoms with Crippen molar-refractivity contribution in [3.8, 4) is 0 Å². The Labute approximate surface area is 187 Å². The average Bonchev–Trinajstić information content (AvgIpc) is 2.70. The third-order valence-corrected chi connectivity index (χ3v) is 5.67. The van der Waals surface area contributed by atoms with E-state index in [0.29, 0.717) is 5.69 Å². The summed E-state index contributed by atoms with van der Waals surface area (Å²) in [5.41, 5.74) is 5.92. The molecule has 9 heteroatoms. The van der Waals surface area contributed by atoms with Gasteiger partial charge in [-0.2, -0.15) is 0 Å². The quantitative estimate of drug-likeness (QED) is 0.318. The minimum atomic E-state index is -1.32. The molecule has 2 unspecified atom stereocenters. The highest BCUT2D eigenvalue weighted by molar-refractivity contribution is 6.37. The fourth-order valence-electron chi connectivity index (χ4n) is 3.21. The van der Waals surface area contributed by atoms with Gasteiger partial charge in [0.05, 0.1) is 21.5 Å². The SMILES string of the molecule is NC(=O)C1C=CC(Cl)(CCO)C(C(=O)c2ccc(Nc3ccc(F)cc3F)cc2Cl)=C1. The lowest BCUT2D eigenvalue weighted by Crippen LogP contribution is -2.34. The first-order valence-electron chi connectivity index (χ1n) is 9.21. The summed E-state index contributed by atoms with van der Waals surface area (Å²) in [4.78, 5) is 23.5. The van der Waals surface area contributed by atoms with Crippen molar-refractivity contribution in [2.24, 2.45) is 11.7 Å². The molecule has 0 saturated heterocycles. The van der Waals surface area contributed by atoms with Crippen molar-refractivity contribution >= 4 is 46.3 Å². The number of anilines is 2. The summed E-state index contributed by atoms with van der Waals surface area (Å²) in [6.45, 7) is -0.292. The second kappa shape index (κ2) is 9.18. The highest BCUT2D eigenvalue weighted by atomic mass is 35.5. The van der Waals surface area contributed by atoms with Crippen molar-refractivity contribution in [3.63, 3.8) is 0 Å². The molecule has 0 aromatic heterocycles. The van der Waals surface area contributed by atoms with Crippen LogP contribution in [0.2, 0.25) is 5.02 Å². The largest absolute Gasteiger partial charge is 0.396 e. The van der Waals surface area contributed by atoms with Gasteiger partial charge >= 0.3 is 0 Å². The first kappa shape index (κ1) is 22.9. The maximum atomic E-state index is 13.9. The molecular weight excluding hydrogens is 449 g/mol. The summed E-state index contributed by atoms with van der Waals surface area (Å²) in [5.74, 6) is -3.52. The van der Waals surface area contributed by atoms with Crippen molar-refractivity contribution < 1.29 is 23.5 Å². The smallest absolute Gasteiger partial charge is 0.228 e. The van der Waals surface area contributed by atoms with Crippen LogP contribution in [-0.2, 0) is 4.79 Å². The van der Waals surface area contributed by atoms with Gasteiger partial charge in [0.15, 0.2) is 5.78 Å². The van der Waals surface area contributed by atoms with E-state index < -0.39 is 34.1 Å². The monoisotopic (exact) mass is 466 g/mol. The summed E-state index contributed by atoms with van der Waals surface area (Å²) in [6, 6.07) is 7.39. The minimum Gasteiger partial charge on any atom is -0.396 e. The topological polar surface area (TPSA) is 92.4 Å². The van der Waals surface area contributed by atoms with Crippen molar-refractivity contribution in [2.75, 3.05) is 11.9 Å². The molecule has 0 spiro atoms. The summed E-state index contributed by atoms with van der Waals surface area (Å²) in [5, 5.41) is 12.2. The van der Waals surface area contributed by atoms with Gasteiger partial charge in [0.25, 0.3) is 0 Å². The Hall–Kier alpha value is -2.74. The van der Waals surface area contributed by atoms with Crippen molar-refractivity contribution in [3.05, 3.63) is 82.4 Å². The van der Waals surface area contributed by atoms with Crippen LogP contribution in [0.25, 0.3) is 0 Å². The van der Waals surface area contributed by atoms with Crippen LogP contribution < -0.4 is 11.1 Å². The molecule has 0 aliphatic heterocycles. The maximum Gasteiger partial charge on any atom is 0.228 e. The van der Waals surface area contributed by atoms with E-state index in [1.165, 1.54) is 42.5 Å². The van der Waals surface area contributed by atoms with E-state index in [-0.39, 0.29) is 34.9 Å². The number of primary amides is 1. The highest BCUT2D eigenvalue weighted by Gasteiger charge is 2.38. The van der Waals surface area contributed by atoms with Crippen LogP contribution in [0.3, 0.4) is 0 Å². The van der Waals surface area contributed by atoms with Crippen LogP contribution >= 0.6 is 23.2 Å². The second-order valence-electron chi connectivity index (χ2n) is 6.98. The number of aliphatic hydroxyl groups excluding tert-OH is 1. The Morgan fingerprint density at radius 1 is 1.19 bits per heavy atom. The molecule has 162 valence electrons. The van der Waals surface area contributed by atoms with Gasteiger partial charge < -0.3 is 16.2 Å². The van der Waals surface area contributed by atoms with E-state index in [1.807, 2.05) is 0 Å². The van der Waals surface area contributed by atoms with Gasteiger partial charge in [0, 0.05) is 29.5 Å². The summed E-state index contributed by atoms with van der Waals surface area (Å²) in [7, 11) is 0. The fourth-order valence-corrected chi connectivity index (χ4v) is 3.78. The summed E-state index contributed by atoms with van der Waals surface area (Å²) < 4.78 is 26.9. The van der Waals surface area contributed by atoms with E-state index >= 15 is 0 Å². The van der Waals surface area contributed by atoms with Gasteiger partial charge in [-0.25, -0.2) is 8.78 Å². The lowest BCUT2D eigenvalue weighted by molar-refractivity contribution is -0.119. The van der Waals surface area contributed by atoms with Gasteiger partial charge in [-0.15, -0.1) is 11.6 Å². The zero-order valence-electron chi connectivity index (χ0n) is 16.0. The number of carbonyl (C=O) groups is 2. The number of hydrogen-bond donors (Lipinski definition) is 3. The van der Waals surface area contributed by atoms with Crippen molar-refractivity contribution in [1.29, 1.82) is 0 Å². The predicted molar refractivity (Wildman–Crippen MR) is 116 cm³/mol. The number of halogens is 4. The van der Waals surface area contributed by atoms with Crippen LogP contribution in [0.1, 0.15) is 16.8 Å². The highest BCUT2D eigenvalue weighted by Crippen LogP contribution is 2.39. The molecule has 0 bridgehead atoms. The normalized spacial score (nSPS) is 20.3. The minimum absolute atomic E-state index is 0.0312. The number of aliphatic hydroxyl groups is 1. The molecule has 0 radical (unpaired) electrons. The molecule has 3 rings (SSSR count). The van der Waals surface area contributed by atoms with E-state index in [4.69, 9.17) is 28.9 Å². The Morgan fingerprint density at radius 3 is 2.55 bits per heavy atom. The zero-order valence-corrected chi connectivity index (χ0v) is 17.6. The third kappa shape index (κ3) is 4.95. The van der Waals surface area contributed by atoms with Crippen LogP contribution in [0.4, 0.5) is 20.2 Å². The molecule has 1 aliphatic rings. The summed E-state index contributed by atoms with van der Waals surface area (Å²) in [6.07, 6.45) is 4.35. The molecule has 0 fully saturated rings. The van der Waals surface area contributed by atoms with E-state index in [2.05, 4.69) is 5.32 Å². The zero-order chi connectivity index (χ0) is 22.8. The van der Waals surface area contributed by atoms with Crippen molar-refractivity contribution in [2.45, 2.75) is 11.3 Å². The number of alkyl halides is 1. The van der Waals surface area contributed by atoms with Crippen LogP contribution in [0, 0.1) is 17.6 Å². The molecule has 1 amide bonds. The Kier molecular flexibility index (Phi) is 6.79. The predicted octanol–water partition coefficient (Wildman–Crippen LogP) is 4.50. The second-order valence-corrected chi connectivity index (χ2v) is 8.06. The van der Waals surface area contributed by atoms with Crippen LogP contribution in [-0.4, -0.2) is 28.3 Å². The fraction of sp³-hybridized carbons (Fsp3) is 0.182. The number of ketones is 1. The number of amides is 1. The van der Waals surface area contributed by atoms with Gasteiger partial charge in [-0.1, -0.05) is 29.8 Å². The molecule has 2 aromatic carbocycles. The average molecular weight is 467 g/mol. The van der Waals surface area contributed by atoms with E-state index in [0.717, 1.165) is 12.1 Å². The molecule has 31 heavy (non-hydrogen) atoms. The molecule has 1 aliphatic carbocycles. The maximum absolute atomic E-state index is 13.9. The molecule has 2 aromatic rings. The summed E-state index contributed by atoms with van der Waals surface area (Å²) >= 11 is 12.9. The Morgan fingerprint density at radius 2 is 1.94 bits per heavy atom. The molecular formula is C22H18Cl2F2N2O3. The van der Waals surface area contributed by atoms with Crippen LogP contribution in [0.15, 0.2) is 60.2 Å². The number of allylic oxidation sites excluding steroid dienone is 2. The van der Waals surface area contributed by atoms with Gasteiger partial charge in [0.1, 0.15) is 11.6 Å². The number of benzene rings is 2. The number of nitrogens with two attached hydrogens (primary N) is 1. The first-order valence-corrected chi connectivity index (χ1v) is 9.97. The van der Waals surface area contributed by atoms with Gasteiger partial charge in [-0.05, 0) is 36.8 Å². The van der Waals surface area contributed by atoms with Crippen molar-refractivity contribution in [1.82, 2.24) is 0 Å². The lowest BCUT2D eigenvalue weighted by Gasteiger charge is -2.30. The number of carbonyl (C=O) groups excluding carboxylic acids is 2. The Bertz CT molecular complexity index is 1100. The Balaban J connectivity index is 1.92. The standard InChI is InChI=1S/C22H18Cl2F2N2O3/c23-17-11-14(28-19-4-1-13(25)10-18(19)26)2-3-15(17)20(30)16-9-12(21(27)31)5-6-22(16,24)7-8-29/h1-6,9-12,28-29H,7-8H2,(H2,27,31). The van der Waals surface area contributed by atoms with E-state index in [1.54, 1.807) is 0 Å². The number of rotatable bonds is 7. The lowest BCUT2D eigenvalue weighted by atomic mass is 9.81. The van der Waals surface area contributed by atoms with Crippen LogP contribution in [0.5, 0.6) is 0 Å². The van der Waals surface area contributed by atoms with E-state index in [9.17, 15) is 23.5 Å². The number of hydrogen-bond acceptors (Lipinski definition) is 4. The van der Waals surface area contributed by atoms with Gasteiger partial charge in [0.2, 0.25) is 5.91 Å².